The molecule has 20 heavy (non-hydrogen) atoms. The van der Waals surface area contributed by atoms with Crippen molar-refractivity contribution in [2.45, 2.75) is 13.0 Å². The quantitative estimate of drug-likeness (QED) is 0.929. The number of carbonyl (C=O) groups excluding carboxylic acids is 1. The second-order valence-corrected chi connectivity index (χ2v) is 4.92. The van der Waals surface area contributed by atoms with Crippen LogP contribution in [-0.4, -0.2) is 13.0 Å². The third-order valence-electron chi connectivity index (χ3n) is 3.03. The first kappa shape index (κ1) is 14.4. The standard InChI is InChI=1S/C16H16ClNO2/c1-11(12-5-4-8-15(10-12)20-2)18-16(19)13-6-3-7-14(17)9-13/h3-11H,1-2H3,(H,18,19)/t11-/m1/s1. The van der Waals surface area contributed by atoms with Crippen LogP contribution in [0.4, 0.5) is 0 Å². The van der Waals surface area contributed by atoms with Gasteiger partial charge in [0.15, 0.2) is 0 Å². The minimum atomic E-state index is -0.150. The maximum absolute atomic E-state index is 12.1. The summed E-state index contributed by atoms with van der Waals surface area (Å²) in [6.45, 7) is 1.93. The Morgan fingerprint density at radius 1 is 1.20 bits per heavy atom. The third kappa shape index (κ3) is 3.52. The fourth-order valence-corrected chi connectivity index (χ4v) is 2.09. The molecule has 4 heteroatoms. The summed E-state index contributed by atoms with van der Waals surface area (Å²) in [5.74, 6) is 0.620. The molecule has 0 spiro atoms. The lowest BCUT2D eigenvalue weighted by Crippen LogP contribution is -2.26. The number of ether oxygens (including phenoxy) is 1. The lowest BCUT2D eigenvalue weighted by atomic mass is 10.1. The first-order valence-electron chi connectivity index (χ1n) is 6.30. The van der Waals surface area contributed by atoms with Gasteiger partial charge < -0.3 is 10.1 Å². The lowest BCUT2D eigenvalue weighted by Gasteiger charge is -2.15. The normalized spacial score (nSPS) is 11.8. The molecule has 0 radical (unpaired) electrons. The Kier molecular flexibility index (Phi) is 4.64. The van der Waals surface area contributed by atoms with Crippen molar-refractivity contribution < 1.29 is 9.53 Å². The zero-order valence-corrected chi connectivity index (χ0v) is 12.1. The van der Waals surface area contributed by atoms with E-state index in [1.807, 2.05) is 31.2 Å². The minimum Gasteiger partial charge on any atom is -0.497 e. The van der Waals surface area contributed by atoms with Crippen molar-refractivity contribution in [3.05, 3.63) is 64.7 Å². The van der Waals surface area contributed by atoms with Gasteiger partial charge >= 0.3 is 0 Å². The highest BCUT2D eigenvalue weighted by atomic mass is 35.5. The Labute approximate surface area is 123 Å². The molecule has 1 atom stereocenters. The molecule has 2 aromatic rings. The van der Waals surface area contributed by atoms with Crippen molar-refractivity contribution in [2.24, 2.45) is 0 Å². The molecule has 1 N–H and O–H groups in total. The van der Waals surface area contributed by atoms with Crippen LogP contribution in [0.5, 0.6) is 5.75 Å². The van der Waals surface area contributed by atoms with Gasteiger partial charge in [-0.2, -0.15) is 0 Å². The monoisotopic (exact) mass is 289 g/mol. The maximum atomic E-state index is 12.1. The van der Waals surface area contributed by atoms with Crippen LogP contribution in [0.1, 0.15) is 28.9 Å². The molecular weight excluding hydrogens is 274 g/mol. The Morgan fingerprint density at radius 2 is 1.95 bits per heavy atom. The Balaban J connectivity index is 2.10. The van der Waals surface area contributed by atoms with E-state index in [1.54, 1.807) is 31.4 Å². The van der Waals surface area contributed by atoms with Gasteiger partial charge in [0.05, 0.1) is 13.2 Å². The molecule has 0 aliphatic carbocycles. The zero-order chi connectivity index (χ0) is 14.5. The topological polar surface area (TPSA) is 38.3 Å². The van der Waals surface area contributed by atoms with E-state index in [4.69, 9.17) is 16.3 Å². The van der Waals surface area contributed by atoms with Gasteiger partial charge in [-0.05, 0) is 42.8 Å². The van der Waals surface area contributed by atoms with Gasteiger partial charge in [-0.15, -0.1) is 0 Å². The maximum Gasteiger partial charge on any atom is 0.251 e. The van der Waals surface area contributed by atoms with Gasteiger partial charge in [-0.3, -0.25) is 4.79 Å². The first-order valence-corrected chi connectivity index (χ1v) is 6.68. The lowest BCUT2D eigenvalue weighted by molar-refractivity contribution is 0.0940. The zero-order valence-electron chi connectivity index (χ0n) is 11.4. The van der Waals surface area contributed by atoms with Crippen molar-refractivity contribution in [2.75, 3.05) is 7.11 Å². The highest BCUT2D eigenvalue weighted by molar-refractivity contribution is 6.30. The molecule has 2 aromatic carbocycles. The molecule has 0 heterocycles. The third-order valence-corrected chi connectivity index (χ3v) is 3.26. The second-order valence-electron chi connectivity index (χ2n) is 4.48. The van der Waals surface area contributed by atoms with E-state index in [-0.39, 0.29) is 11.9 Å². The number of carbonyl (C=O) groups is 1. The smallest absolute Gasteiger partial charge is 0.251 e. The van der Waals surface area contributed by atoms with E-state index in [0.717, 1.165) is 11.3 Å². The molecule has 0 bridgehead atoms. The minimum absolute atomic E-state index is 0.114. The predicted molar refractivity (Wildman–Crippen MR) is 80.3 cm³/mol. The second kappa shape index (κ2) is 6.44. The van der Waals surface area contributed by atoms with Crippen LogP contribution in [0, 0.1) is 0 Å². The number of halogens is 1. The van der Waals surface area contributed by atoms with Gasteiger partial charge in [0.1, 0.15) is 5.75 Å². The Morgan fingerprint density at radius 3 is 2.65 bits per heavy atom. The largest absolute Gasteiger partial charge is 0.497 e. The van der Waals surface area contributed by atoms with Gasteiger partial charge in [0.2, 0.25) is 0 Å². The number of benzene rings is 2. The summed E-state index contributed by atoms with van der Waals surface area (Å²) in [5, 5.41) is 3.49. The molecule has 0 saturated heterocycles. The van der Waals surface area contributed by atoms with Gasteiger partial charge in [-0.1, -0.05) is 29.8 Å². The molecule has 2 rings (SSSR count). The van der Waals surface area contributed by atoms with E-state index in [1.165, 1.54) is 0 Å². The van der Waals surface area contributed by atoms with Gasteiger partial charge in [0.25, 0.3) is 5.91 Å². The summed E-state index contributed by atoms with van der Waals surface area (Å²) < 4.78 is 5.18. The fourth-order valence-electron chi connectivity index (χ4n) is 1.90. The highest BCUT2D eigenvalue weighted by Gasteiger charge is 2.12. The van der Waals surface area contributed by atoms with Gasteiger partial charge in [-0.25, -0.2) is 0 Å². The van der Waals surface area contributed by atoms with Crippen molar-refractivity contribution in [3.63, 3.8) is 0 Å². The first-order chi connectivity index (χ1) is 9.60. The highest BCUT2D eigenvalue weighted by Crippen LogP contribution is 2.19. The molecule has 0 aromatic heterocycles. The Bertz CT molecular complexity index is 613. The van der Waals surface area contributed by atoms with Crippen molar-refractivity contribution in [1.82, 2.24) is 5.32 Å². The molecule has 0 aliphatic rings. The summed E-state index contributed by atoms with van der Waals surface area (Å²) >= 11 is 5.89. The van der Waals surface area contributed by atoms with E-state index < -0.39 is 0 Å². The van der Waals surface area contributed by atoms with Crippen LogP contribution in [-0.2, 0) is 0 Å². The van der Waals surface area contributed by atoms with Gasteiger partial charge in [0, 0.05) is 10.6 Å². The van der Waals surface area contributed by atoms with Crippen molar-refractivity contribution >= 4 is 17.5 Å². The average molecular weight is 290 g/mol. The number of nitrogens with one attached hydrogen (secondary N) is 1. The summed E-state index contributed by atoms with van der Waals surface area (Å²) in [6, 6.07) is 14.4. The van der Waals surface area contributed by atoms with E-state index in [9.17, 15) is 4.79 Å². The van der Waals surface area contributed by atoms with Crippen LogP contribution >= 0.6 is 11.6 Å². The average Bonchev–Trinajstić information content (AvgIpc) is 2.47. The number of amides is 1. The number of rotatable bonds is 4. The van der Waals surface area contributed by atoms with Crippen LogP contribution in [0.25, 0.3) is 0 Å². The molecule has 104 valence electrons. The summed E-state index contributed by atoms with van der Waals surface area (Å²) in [6.07, 6.45) is 0. The molecule has 0 aliphatic heterocycles. The van der Waals surface area contributed by atoms with Crippen LogP contribution in [0.3, 0.4) is 0 Å². The summed E-state index contributed by atoms with van der Waals surface area (Å²) in [7, 11) is 1.62. The summed E-state index contributed by atoms with van der Waals surface area (Å²) in [5.41, 5.74) is 1.53. The number of hydrogen-bond acceptors (Lipinski definition) is 2. The Hall–Kier alpha value is -2.00. The number of hydrogen-bond donors (Lipinski definition) is 1. The summed E-state index contributed by atoms with van der Waals surface area (Å²) in [4.78, 5) is 12.1. The van der Waals surface area contributed by atoms with E-state index in [2.05, 4.69) is 5.32 Å². The molecule has 1 amide bonds. The van der Waals surface area contributed by atoms with Crippen LogP contribution in [0.2, 0.25) is 5.02 Å². The van der Waals surface area contributed by atoms with Crippen LogP contribution < -0.4 is 10.1 Å². The fraction of sp³-hybridized carbons (Fsp3) is 0.188. The molecule has 0 saturated carbocycles. The predicted octanol–water partition coefficient (Wildman–Crippen LogP) is 3.84. The molecule has 0 unspecified atom stereocenters. The van der Waals surface area contributed by atoms with Crippen LogP contribution in [0.15, 0.2) is 48.5 Å². The SMILES string of the molecule is COc1cccc([C@@H](C)NC(=O)c2cccc(Cl)c2)c1. The molecule has 3 nitrogen and oxygen atoms in total. The van der Waals surface area contributed by atoms with E-state index >= 15 is 0 Å². The molecule has 0 fully saturated rings. The van der Waals surface area contributed by atoms with Crippen molar-refractivity contribution in [3.8, 4) is 5.75 Å². The number of methoxy groups -OCH3 is 1. The van der Waals surface area contributed by atoms with Crippen molar-refractivity contribution in [1.29, 1.82) is 0 Å². The van der Waals surface area contributed by atoms with E-state index in [0.29, 0.717) is 10.6 Å². The molecular formula is C16H16ClNO2.